The Labute approximate surface area is 190 Å². The van der Waals surface area contributed by atoms with Crippen molar-refractivity contribution in [2.75, 3.05) is 5.32 Å². The highest BCUT2D eigenvalue weighted by atomic mass is 28.3. The van der Waals surface area contributed by atoms with Crippen LogP contribution in [0, 0.1) is 0 Å². The molecule has 1 aliphatic rings. The number of carbonyl (C=O) groups excluding carboxylic acids is 1. The van der Waals surface area contributed by atoms with Crippen molar-refractivity contribution in [2.24, 2.45) is 0 Å². The van der Waals surface area contributed by atoms with E-state index in [9.17, 15) is 4.79 Å². The summed E-state index contributed by atoms with van der Waals surface area (Å²) in [4.78, 5) is 22.3. The molecule has 0 amide bonds. The monoisotopic (exact) mass is 449 g/mol. The number of nitrogens with zero attached hydrogens (tertiary/aromatic N) is 4. The standard InChI is InChI=1S/C24H31N5O2Si/c1-24(2,3)31-23(30)29-18(16-12-13-16)14-20(28-29)26-22-19(32(4,5)6)15-25-21(27-22)17-10-8-7-9-11-17/h7-11,14-16H,12-13H2,1-6H3,(H,25,26,27,28). The van der Waals surface area contributed by atoms with Gasteiger partial charge in [0.05, 0.1) is 13.8 Å². The summed E-state index contributed by atoms with van der Waals surface area (Å²) in [6, 6.07) is 11.9. The molecule has 4 rings (SSSR count). The fourth-order valence-corrected chi connectivity index (χ4v) is 4.73. The number of nitrogens with one attached hydrogen (secondary N) is 1. The second kappa shape index (κ2) is 8.16. The zero-order valence-electron chi connectivity index (χ0n) is 19.6. The molecular formula is C24H31N5O2Si. The molecule has 3 aromatic rings. The molecule has 1 aliphatic carbocycles. The maximum atomic E-state index is 12.8. The summed E-state index contributed by atoms with van der Waals surface area (Å²) in [6.07, 6.45) is 3.58. The van der Waals surface area contributed by atoms with Crippen LogP contribution in [0.3, 0.4) is 0 Å². The van der Waals surface area contributed by atoms with Gasteiger partial charge in [-0.3, -0.25) is 0 Å². The van der Waals surface area contributed by atoms with Gasteiger partial charge in [-0.1, -0.05) is 50.0 Å². The zero-order chi connectivity index (χ0) is 23.1. The largest absolute Gasteiger partial charge is 0.442 e. The predicted molar refractivity (Wildman–Crippen MR) is 130 cm³/mol. The molecule has 1 aromatic carbocycles. The zero-order valence-corrected chi connectivity index (χ0v) is 20.6. The molecule has 0 radical (unpaired) electrons. The quantitative estimate of drug-likeness (QED) is 0.533. The molecule has 0 aliphatic heterocycles. The molecular weight excluding hydrogens is 418 g/mol. The van der Waals surface area contributed by atoms with Crippen molar-refractivity contribution in [3.05, 3.63) is 48.3 Å². The second-order valence-electron chi connectivity index (χ2n) is 10.3. The average molecular weight is 450 g/mol. The summed E-state index contributed by atoms with van der Waals surface area (Å²) in [5.74, 6) is 2.33. The number of anilines is 2. The summed E-state index contributed by atoms with van der Waals surface area (Å²) in [6.45, 7) is 12.3. The molecule has 0 bridgehead atoms. The number of hydrogen-bond donors (Lipinski definition) is 1. The number of benzene rings is 1. The molecule has 1 fully saturated rings. The molecule has 2 aromatic heterocycles. The van der Waals surface area contributed by atoms with Gasteiger partial charge in [-0.2, -0.15) is 4.68 Å². The van der Waals surface area contributed by atoms with Crippen LogP contribution in [0.2, 0.25) is 19.6 Å². The van der Waals surface area contributed by atoms with Crippen LogP contribution in [0.5, 0.6) is 0 Å². The molecule has 0 unspecified atom stereocenters. The Bertz CT molecular complexity index is 1130. The third-order valence-corrected chi connectivity index (χ3v) is 7.16. The highest BCUT2D eigenvalue weighted by Gasteiger charge is 2.32. The van der Waals surface area contributed by atoms with Gasteiger partial charge in [0.1, 0.15) is 11.4 Å². The van der Waals surface area contributed by atoms with Gasteiger partial charge >= 0.3 is 6.09 Å². The minimum atomic E-state index is -1.74. The fraction of sp³-hybridized carbons (Fsp3) is 0.417. The number of hydrogen-bond acceptors (Lipinski definition) is 6. The molecule has 0 saturated heterocycles. The lowest BCUT2D eigenvalue weighted by Crippen LogP contribution is -2.40. The normalized spacial score (nSPS) is 14.3. The van der Waals surface area contributed by atoms with E-state index in [2.05, 4.69) is 35.0 Å². The smallest absolute Gasteiger partial charge is 0.435 e. The van der Waals surface area contributed by atoms with E-state index in [4.69, 9.17) is 9.72 Å². The second-order valence-corrected chi connectivity index (χ2v) is 15.4. The highest BCUT2D eigenvalue weighted by molar-refractivity contribution is 6.89. The molecule has 7 nitrogen and oxygen atoms in total. The van der Waals surface area contributed by atoms with Crippen molar-refractivity contribution >= 4 is 31.0 Å². The van der Waals surface area contributed by atoms with Crippen LogP contribution in [-0.4, -0.2) is 39.5 Å². The van der Waals surface area contributed by atoms with Gasteiger partial charge in [0.25, 0.3) is 0 Å². The lowest BCUT2D eigenvalue weighted by atomic mass is 10.2. The first-order valence-electron chi connectivity index (χ1n) is 11.0. The minimum Gasteiger partial charge on any atom is -0.442 e. The molecule has 0 atom stereocenters. The Kier molecular flexibility index (Phi) is 5.66. The SMILES string of the molecule is CC(C)(C)OC(=O)n1nc(Nc2nc(-c3ccccc3)ncc2[Si](C)(C)C)cc1C1CC1. The van der Waals surface area contributed by atoms with Crippen molar-refractivity contribution < 1.29 is 9.53 Å². The highest BCUT2D eigenvalue weighted by Crippen LogP contribution is 2.41. The number of carbonyl (C=O) groups is 1. The third kappa shape index (κ3) is 5.07. The fourth-order valence-electron chi connectivity index (χ4n) is 3.45. The van der Waals surface area contributed by atoms with E-state index >= 15 is 0 Å². The number of ether oxygens (including phenoxy) is 1. The minimum absolute atomic E-state index is 0.340. The Morgan fingerprint density at radius 2 is 1.84 bits per heavy atom. The number of aromatic nitrogens is 4. The van der Waals surface area contributed by atoms with Crippen LogP contribution >= 0.6 is 0 Å². The molecule has 1 N–H and O–H groups in total. The molecule has 2 heterocycles. The van der Waals surface area contributed by atoms with Crippen LogP contribution in [0.4, 0.5) is 16.4 Å². The molecule has 32 heavy (non-hydrogen) atoms. The average Bonchev–Trinajstić information content (AvgIpc) is 3.46. The van der Waals surface area contributed by atoms with E-state index in [1.807, 2.05) is 63.4 Å². The first-order valence-corrected chi connectivity index (χ1v) is 14.5. The van der Waals surface area contributed by atoms with Gasteiger partial charge in [0.15, 0.2) is 11.6 Å². The summed E-state index contributed by atoms with van der Waals surface area (Å²) >= 11 is 0. The van der Waals surface area contributed by atoms with Crippen LogP contribution in [-0.2, 0) is 4.74 Å². The van der Waals surface area contributed by atoms with Crippen LogP contribution in [0.25, 0.3) is 11.4 Å². The topological polar surface area (TPSA) is 81.9 Å². The van der Waals surface area contributed by atoms with Gasteiger partial charge in [-0.15, -0.1) is 5.10 Å². The summed E-state index contributed by atoms with van der Waals surface area (Å²) in [5.41, 5.74) is 1.25. The maximum absolute atomic E-state index is 12.8. The van der Waals surface area contributed by atoms with Gasteiger partial charge in [-0.25, -0.2) is 14.8 Å². The molecule has 0 spiro atoms. The third-order valence-electron chi connectivity index (χ3n) is 5.17. The summed E-state index contributed by atoms with van der Waals surface area (Å²) < 4.78 is 6.98. The molecule has 8 heteroatoms. The Morgan fingerprint density at radius 3 is 2.44 bits per heavy atom. The lowest BCUT2D eigenvalue weighted by molar-refractivity contribution is 0.0510. The van der Waals surface area contributed by atoms with Crippen molar-refractivity contribution in [3.63, 3.8) is 0 Å². The molecule has 1 saturated carbocycles. The van der Waals surface area contributed by atoms with E-state index in [1.165, 1.54) is 4.68 Å². The van der Waals surface area contributed by atoms with Gasteiger partial charge < -0.3 is 10.1 Å². The van der Waals surface area contributed by atoms with Crippen LogP contribution in [0.15, 0.2) is 42.6 Å². The number of rotatable bonds is 5. The van der Waals surface area contributed by atoms with E-state index in [-0.39, 0.29) is 0 Å². The van der Waals surface area contributed by atoms with Gasteiger partial charge in [-0.05, 0) is 38.8 Å². The Balaban J connectivity index is 1.71. The van der Waals surface area contributed by atoms with Gasteiger partial charge in [0.2, 0.25) is 0 Å². The summed E-state index contributed by atoms with van der Waals surface area (Å²) in [7, 11) is -1.74. The van der Waals surface area contributed by atoms with Crippen LogP contribution in [0.1, 0.15) is 45.2 Å². The van der Waals surface area contributed by atoms with E-state index in [0.29, 0.717) is 17.6 Å². The Hall–Kier alpha value is -3.00. The van der Waals surface area contributed by atoms with E-state index in [0.717, 1.165) is 35.1 Å². The van der Waals surface area contributed by atoms with Crippen molar-refractivity contribution in [1.29, 1.82) is 0 Å². The van der Waals surface area contributed by atoms with E-state index in [1.54, 1.807) is 0 Å². The van der Waals surface area contributed by atoms with Crippen LogP contribution < -0.4 is 10.5 Å². The maximum Gasteiger partial charge on any atom is 0.435 e. The Morgan fingerprint density at radius 1 is 1.16 bits per heavy atom. The first kappa shape index (κ1) is 22.2. The van der Waals surface area contributed by atoms with Crippen molar-refractivity contribution in [3.8, 4) is 11.4 Å². The van der Waals surface area contributed by atoms with Gasteiger partial charge in [0, 0.05) is 23.7 Å². The first-order chi connectivity index (χ1) is 15.0. The summed E-state index contributed by atoms with van der Waals surface area (Å²) in [5, 5.41) is 9.07. The van der Waals surface area contributed by atoms with Crippen molar-refractivity contribution in [2.45, 2.75) is 64.8 Å². The van der Waals surface area contributed by atoms with Crippen molar-refractivity contribution in [1.82, 2.24) is 19.7 Å². The lowest BCUT2D eigenvalue weighted by Gasteiger charge is -2.20. The molecule has 168 valence electrons. The predicted octanol–water partition coefficient (Wildman–Crippen LogP) is 5.29. The van der Waals surface area contributed by atoms with E-state index < -0.39 is 19.8 Å².